The van der Waals surface area contributed by atoms with Crippen LogP contribution in [0.2, 0.25) is 0 Å². The highest BCUT2D eigenvalue weighted by atomic mass is 32.1. The molecule has 10 N–H and O–H groups in total. The van der Waals surface area contributed by atoms with Crippen molar-refractivity contribution < 1.29 is 24.3 Å². The zero-order valence-electron chi connectivity index (χ0n) is 24.3. The molecule has 0 aliphatic rings. The molecule has 0 bridgehead atoms. The van der Waals surface area contributed by atoms with E-state index in [1.54, 1.807) is 26.0 Å². The zero-order chi connectivity index (χ0) is 31.9. The number of phenolic OH excluding ortho intramolecular Hbond substituents is 1. The van der Waals surface area contributed by atoms with Crippen LogP contribution in [-0.4, -0.2) is 70.7 Å². The summed E-state index contributed by atoms with van der Waals surface area (Å²) in [7, 11) is 0. The second-order valence-electron chi connectivity index (χ2n) is 10.5. The Morgan fingerprint density at radius 3 is 2.16 bits per heavy atom. The number of rotatable bonds is 17. The Morgan fingerprint density at radius 2 is 1.58 bits per heavy atom. The first-order valence-electron chi connectivity index (χ1n) is 14.0. The van der Waals surface area contributed by atoms with Crippen LogP contribution in [0.4, 0.5) is 0 Å². The van der Waals surface area contributed by atoms with Gasteiger partial charge in [0, 0.05) is 6.54 Å². The summed E-state index contributed by atoms with van der Waals surface area (Å²) in [5.74, 6) is -2.15. The van der Waals surface area contributed by atoms with Gasteiger partial charge in [0.05, 0.1) is 12.1 Å². The van der Waals surface area contributed by atoms with Gasteiger partial charge < -0.3 is 42.6 Å². The van der Waals surface area contributed by atoms with E-state index in [-0.39, 0.29) is 41.9 Å². The normalized spacial score (nSPS) is 13.6. The summed E-state index contributed by atoms with van der Waals surface area (Å²) in [6.45, 7) is 3.79. The van der Waals surface area contributed by atoms with Crippen molar-refractivity contribution in [1.29, 1.82) is 5.41 Å². The molecule has 4 atom stereocenters. The molecule has 43 heavy (non-hydrogen) atoms. The Bertz CT molecular complexity index is 1260. The minimum Gasteiger partial charge on any atom is -0.508 e. The predicted molar refractivity (Wildman–Crippen MR) is 168 cm³/mol. The molecule has 0 aliphatic heterocycles. The number of nitrogens with one attached hydrogen (secondary N) is 5. The van der Waals surface area contributed by atoms with Crippen LogP contribution in [0.5, 0.6) is 5.75 Å². The van der Waals surface area contributed by atoms with Gasteiger partial charge >= 0.3 is 0 Å². The van der Waals surface area contributed by atoms with E-state index >= 15 is 0 Å². The molecule has 2 amide bonds. The number of thiocarbonyl (C=S) groups is 1. The van der Waals surface area contributed by atoms with Gasteiger partial charge in [-0.2, -0.15) is 0 Å². The number of benzene rings is 2. The average molecular weight is 612 g/mol. The summed E-state index contributed by atoms with van der Waals surface area (Å²) >= 11 is 5.32. The van der Waals surface area contributed by atoms with Crippen LogP contribution in [0.3, 0.4) is 0 Å². The molecule has 0 aliphatic carbocycles. The van der Waals surface area contributed by atoms with E-state index in [1.165, 1.54) is 12.1 Å². The molecule has 13 heteroatoms. The van der Waals surface area contributed by atoms with Crippen molar-refractivity contribution in [2.45, 2.75) is 63.7 Å². The SMILES string of the molecule is CC(C)[C@H](NC(=O)[C@H](CCCNC(=N)N)NC(=S)C(=O)[C@@H](N)Cc1ccccc1)C(=O)N[C@H](C=O)Cc1ccc(O)cc1. The fourth-order valence-electron chi connectivity index (χ4n) is 4.24. The summed E-state index contributed by atoms with van der Waals surface area (Å²) in [6, 6.07) is 11.7. The third-order valence-electron chi connectivity index (χ3n) is 6.60. The minimum absolute atomic E-state index is 0.0811. The second-order valence-corrected chi connectivity index (χ2v) is 10.9. The lowest BCUT2D eigenvalue weighted by Gasteiger charge is -2.27. The molecule has 0 radical (unpaired) electrons. The molecule has 232 valence electrons. The zero-order valence-corrected chi connectivity index (χ0v) is 25.2. The molecule has 12 nitrogen and oxygen atoms in total. The molecule has 0 heterocycles. The van der Waals surface area contributed by atoms with Gasteiger partial charge in [-0.25, -0.2) is 0 Å². The summed E-state index contributed by atoms with van der Waals surface area (Å²) in [4.78, 5) is 51.1. The summed E-state index contributed by atoms with van der Waals surface area (Å²) in [6.07, 6.45) is 1.65. The summed E-state index contributed by atoms with van der Waals surface area (Å²) in [5.41, 5.74) is 13.1. The number of aldehydes is 1. The third-order valence-corrected chi connectivity index (χ3v) is 6.92. The van der Waals surface area contributed by atoms with Crippen molar-refractivity contribution in [1.82, 2.24) is 21.3 Å². The first-order chi connectivity index (χ1) is 20.4. The summed E-state index contributed by atoms with van der Waals surface area (Å²) in [5, 5.41) is 27.7. The molecule has 0 aromatic heterocycles. The number of phenols is 1. The lowest BCUT2D eigenvalue weighted by Crippen LogP contribution is -2.58. The standard InChI is InChI=1S/C30H41N7O5S/c1-18(2)25(28(42)35-21(17-38)15-20-10-12-22(39)13-11-20)37-27(41)24(9-6-14-34-30(32)33)36-29(43)26(40)23(31)16-19-7-4-3-5-8-19/h3-5,7-8,10-13,17-18,21,23-25,39H,6,9,14-16,31H2,1-2H3,(H,35,42)(H,36,43)(H,37,41)(H4,32,33,34)/t21-,23-,24-,25-/m0/s1. The number of Topliss-reactive ketones (excluding diaryl/α,β-unsaturated/α-hetero) is 1. The monoisotopic (exact) mass is 611 g/mol. The van der Waals surface area contributed by atoms with Crippen LogP contribution in [0.1, 0.15) is 37.8 Å². The molecule has 0 fully saturated rings. The predicted octanol–water partition coefficient (Wildman–Crippen LogP) is 0.447. The quantitative estimate of drug-likeness (QED) is 0.0407. The lowest BCUT2D eigenvalue weighted by molar-refractivity contribution is -0.132. The van der Waals surface area contributed by atoms with Crippen LogP contribution in [0.15, 0.2) is 54.6 Å². The highest BCUT2D eigenvalue weighted by Crippen LogP contribution is 2.12. The number of hydrogen-bond donors (Lipinski definition) is 8. The minimum atomic E-state index is -1.00. The first-order valence-corrected chi connectivity index (χ1v) is 14.4. The second kappa shape index (κ2) is 17.6. The van der Waals surface area contributed by atoms with Crippen LogP contribution < -0.4 is 32.7 Å². The Labute approximate surface area is 256 Å². The Morgan fingerprint density at radius 1 is 0.953 bits per heavy atom. The largest absolute Gasteiger partial charge is 0.508 e. The van der Waals surface area contributed by atoms with Crippen molar-refractivity contribution in [3.8, 4) is 5.75 Å². The third kappa shape index (κ3) is 12.2. The number of ketones is 1. The fraction of sp³-hybridized carbons (Fsp3) is 0.400. The highest BCUT2D eigenvalue weighted by molar-refractivity contribution is 7.82. The van der Waals surface area contributed by atoms with E-state index in [0.29, 0.717) is 19.3 Å². The molecule has 0 saturated carbocycles. The summed E-state index contributed by atoms with van der Waals surface area (Å²) < 4.78 is 0. The number of aromatic hydroxyl groups is 1. The van der Waals surface area contributed by atoms with Gasteiger partial charge in [-0.3, -0.25) is 19.8 Å². The van der Waals surface area contributed by atoms with Crippen molar-refractivity contribution >= 4 is 47.0 Å². The maximum absolute atomic E-state index is 13.5. The highest BCUT2D eigenvalue weighted by Gasteiger charge is 2.31. The number of carbonyl (C=O) groups is 4. The lowest BCUT2D eigenvalue weighted by atomic mass is 10.00. The number of amides is 2. The number of carbonyl (C=O) groups excluding carboxylic acids is 4. The van der Waals surface area contributed by atoms with E-state index in [2.05, 4.69) is 21.3 Å². The van der Waals surface area contributed by atoms with Crippen molar-refractivity contribution in [2.75, 3.05) is 6.54 Å². The van der Waals surface area contributed by atoms with Crippen molar-refractivity contribution in [2.24, 2.45) is 17.4 Å². The molecule has 0 unspecified atom stereocenters. The number of guanidine groups is 1. The van der Waals surface area contributed by atoms with E-state index in [4.69, 9.17) is 29.1 Å². The van der Waals surface area contributed by atoms with Gasteiger partial charge in [-0.15, -0.1) is 0 Å². The van der Waals surface area contributed by atoms with Gasteiger partial charge in [0.15, 0.2) is 5.96 Å². The molecule has 2 aromatic carbocycles. The molecule has 0 saturated heterocycles. The first kappa shape index (κ1) is 34.8. The Balaban J connectivity index is 2.11. The average Bonchev–Trinajstić information content (AvgIpc) is 2.97. The van der Waals surface area contributed by atoms with E-state index < -0.39 is 41.8 Å². The maximum atomic E-state index is 13.5. The van der Waals surface area contributed by atoms with E-state index in [0.717, 1.165) is 11.1 Å². The van der Waals surface area contributed by atoms with Crippen LogP contribution >= 0.6 is 12.2 Å². The molecular weight excluding hydrogens is 570 g/mol. The van der Waals surface area contributed by atoms with Crippen molar-refractivity contribution in [3.05, 3.63) is 65.7 Å². The maximum Gasteiger partial charge on any atom is 0.243 e. The van der Waals surface area contributed by atoms with Gasteiger partial charge in [-0.1, -0.05) is 68.5 Å². The molecule has 0 spiro atoms. The number of nitrogens with two attached hydrogens (primary N) is 2. The van der Waals surface area contributed by atoms with Gasteiger partial charge in [0.25, 0.3) is 0 Å². The van der Waals surface area contributed by atoms with Crippen molar-refractivity contribution in [3.63, 3.8) is 0 Å². The Hall–Kier alpha value is -4.36. The van der Waals surface area contributed by atoms with Crippen LogP contribution in [-0.2, 0) is 32.0 Å². The molecule has 2 rings (SSSR count). The van der Waals surface area contributed by atoms with Gasteiger partial charge in [0.1, 0.15) is 29.1 Å². The fourth-order valence-corrected chi connectivity index (χ4v) is 4.53. The molecule has 2 aromatic rings. The van der Waals surface area contributed by atoms with Crippen LogP contribution in [0, 0.1) is 11.3 Å². The topological polar surface area (TPSA) is 213 Å². The van der Waals surface area contributed by atoms with E-state index in [9.17, 15) is 24.3 Å². The van der Waals surface area contributed by atoms with Crippen LogP contribution in [0.25, 0.3) is 0 Å². The Kier molecular flexibility index (Phi) is 14.2. The van der Waals surface area contributed by atoms with Gasteiger partial charge in [-0.05, 0) is 54.9 Å². The smallest absolute Gasteiger partial charge is 0.243 e. The van der Waals surface area contributed by atoms with Gasteiger partial charge in [0.2, 0.25) is 17.6 Å². The molecular formula is C30H41N7O5S. The van der Waals surface area contributed by atoms with E-state index in [1.807, 2.05) is 30.3 Å². The number of hydrogen-bond acceptors (Lipinski definition) is 8.